The van der Waals surface area contributed by atoms with Crippen molar-refractivity contribution in [3.05, 3.63) is 28.7 Å². The van der Waals surface area contributed by atoms with Crippen LogP contribution in [0.5, 0.6) is 0 Å². The zero-order valence-electron chi connectivity index (χ0n) is 9.43. The molecule has 0 aliphatic rings. The minimum absolute atomic E-state index is 0.160. The van der Waals surface area contributed by atoms with Crippen LogP contribution in [-0.4, -0.2) is 41.2 Å². The summed E-state index contributed by atoms with van der Waals surface area (Å²) >= 11 is 1.65. The van der Waals surface area contributed by atoms with Gasteiger partial charge in [0.05, 0.1) is 17.3 Å². The molecule has 0 aromatic carbocycles. The summed E-state index contributed by atoms with van der Waals surface area (Å²) in [5, 5.41) is 12.1. The zero-order chi connectivity index (χ0) is 11.8. The second-order valence-electron chi connectivity index (χ2n) is 3.52. The van der Waals surface area contributed by atoms with E-state index in [1.165, 1.54) is 0 Å². The molecule has 5 heteroatoms. The van der Waals surface area contributed by atoms with E-state index in [2.05, 4.69) is 21.8 Å². The maximum atomic E-state index is 8.92. The summed E-state index contributed by atoms with van der Waals surface area (Å²) in [4.78, 5) is 6.59. The second-order valence-corrected chi connectivity index (χ2v) is 4.46. The van der Waals surface area contributed by atoms with Crippen molar-refractivity contribution in [2.45, 2.75) is 13.0 Å². The van der Waals surface area contributed by atoms with Crippen LogP contribution in [0, 0.1) is 0 Å². The van der Waals surface area contributed by atoms with E-state index in [1.807, 2.05) is 6.08 Å². The van der Waals surface area contributed by atoms with Gasteiger partial charge in [0, 0.05) is 31.4 Å². The van der Waals surface area contributed by atoms with Crippen molar-refractivity contribution in [1.29, 1.82) is 0 Å². The molecule has 1 aromatic rings. The molecule has 90 valence electrons. The van der Waals surface area contributed by atoms with Gasteiger partial charge in [0.2, 0.25) is 0 Å². The first-order chi connectivity index (χ1) is 7.80. The van der Waals surface area contributed by atoms with E-state index in [0.717, 1.165) is 30.2 Å². The molecule has 0 bridgehead atoms. The van der Waals surface area contributed by atoms with Gasteiger partial charge in [0.25, 0.3) is 0 Å². The monoisotopic (exact) mass is 241 g/mol. The predicted octanol–water partition coefficient (Wildman–Crippen LogP) is 0.625. The molecule has 0 saturated heterocycles. The van der Waals surface area contributed by atoms with Gasteiger partial charge in [-0.2, -0.15) is 0 Å². The average Bonchev–Trinajstić information content (AvgIpc) is 2.67. The van der Waals surface area contributed by atoms with Gasteiger partial charge in [0.1, 0.15) is 0 Å². The van der Waals surface area contributed by atoms with Crippen LogP contribution >= 0.6 is 11.3 Å². The minimum Gasteiger partial charge on any atom is -0.395 e. The molecule has 0 amide bonds. The quantitative estimate of drug-likeness (QED) is 0.655. The first kappa shape index (κ1) is 13.3. The summed E-state index contributed by atoms with van der Waals surface area (Å²) < 4.78 is 0. The Kier molecular flexibility index (Phi) is 6.25. The maximum absolute atomic E-state index is 8.92. The van der Waals surface area contributed by atoms with Crippen LogP contribution in [-0.2, 0) is 13.0 Å². The lowest BCUT2D eigenvalue weighted by atomic mass is 10.4. The fourth-order valence-corrected chi connectivity index (χ4v) is 2.25. The minimum atomic E-state index is 0.160. The van der Waals surface area contributed by atoms with Gasteiger partial charge < -0.3 is 10.8 Å². The fraction of sp³-hybridized carbons (Fsp3) is 0.545. The Morgan fingerprint density at radius 2 is 2.44 bits per heavy atom. The normalized spacial score (nSPS) is 10.9. The second kappa shape index (κ2) is 7.51. The van der Waals surface area contributed by atoms with Crippen molar-refractivity contribution in [3.63, 3.8) is 0 Å². The van der Waals surface area contributed by atoms with Crippen LogP contribution in [0.15, 0.2) is 18.0 Å². The molecule has 0 aliphatic heterocycles. The fourth-order valence-electron chi connectivity index (χ4n) is 1.45. The molecular weight excluding hydrogens is 222 g/mol. The Morgan fingerprint density at radius 1 is 1.62 bits per heavy atom. The van der Waals surface area contributed by atoms with Crippen LogP contribution in [0.4, 0.5) is 0 Å². The lowest BCUT2D eigenvalue weighted by Crippen LogP contribution is -2.26. The van der Waals surface area contributed by atoms with E-state index in [1.54, 1.807) is 11.3 Å². The van der Waals surface area contributed by atoms with Crippen molar-refractivity contribution >= 4 is 11.3 Å². The predicted molar refractivity (Wildman–Crippen MR) is 67.4 cm³/mol. The van der Waals surface area contributed by atoms with Gasteiger partial charge in [-0.1, -0.05) is 6.08 Å². The van der Waals surface area contributed by atoms with E-state index in [9.17, 15) is 0 Å². The molecule has 4 nitrogen and oxygen atoms in total. The molecule has 0 aliphatic carbocycles. The zero-order valence-corrected chi connectivity index (χ0v) is 10.2. The summed E-state index contributed by atoms with van der Waals surface area (Å²) in [5.41, 5.74) is 6.52. The van der Waals surface area contributed by atoms with Crippen LogP contribution in [0.2, 0.25) is 0 Å². The van der Waals surface area contributed by atoms with E-state index < -0.39 is 0 Å². The molecule has 3 N–H and O–H groups in total. The largest absolute Gasteiger partial charge is 0.395 e. The Morgan fingerprint density at radius 3 is 3.06 bits per heavy atom. The number of hydrogen-bond donors (Lipinski definition) is 2. The first-order valence-corrected chi connectivity index (χ1v) is 6.25. The number of aliphatic hydroxyl groups is 1. The van der Waals surface area contributed by atoms with Crippen LogP contribution in [0.1, 0.15) is 10.7 Å². The van der Waals surface area contributed by atoms with Gasteiger partial charge in [-0.15, -0.1) is 17.9 Å². The third-order valence-electron chi connectivity index (χ3n) is 2.15. The molecule has 1 aromatic heterocycles. The van der Waals surface area contributed by atoms with Gasteiger partial charge in [0.15, 0.2) is 0 Å². The maximum Gasteiger partial charge on any atom is 0.0941 e. The number of rotatable bonds is 8. The smallest absolute Gasteiger partial charge is 0.0941 e. The van der Waals surface area contributed by atoms with Crippen molar-refractivity contribution in [1.82, 2.24) is 9.88 Å². The Bertz CT molecular complexity index is 314. The highest BCUT2D eigenvalue weighted by molar-refractivity contribution is 7.09. The van der Waals surface area contributed by atoms with Crippen LogP contribution < -0.4 is 5.73 Å². The average molecular weight is 241 g/mol. The molecule has 1 heterocycles. The molecule has 0 atom stereocenters. The van der Waals surface area contributed by atoms with Crippen LogP contribution in [0.25, 0.3) is 0 Å². The van der Waals surface area contributed by atoms with E-state index in [0.29, 0.717) is 13.1 Å². The van der Waals surface area contributed by atoms with Crippen molar-refractivity contribution in [3.8, 4) is 0 Å². The first-order valence-electron chi connectivity index (χ1n) is 5.37. The van der Waals surface area contributed by atoms with E-state index in [-0.39, 0.29) is 6.61 Å². The van der Waals surface area contributed by atoms with Crippen molar-refractivity contribution < 1.29 is 5.11 Å². The lowest BCUT2D eigenvalue weighted by molar-refractivity contribution is 0.202. The van der Waals surface area contributed by atoms with E-state index in [4.69, 9.17) is 10.8 Å². The lowest BCUT2D eigenvalue weighted by Gasteiger charge is -2.17. The number of nitrogens with two attached hydrogens (primary N) is 1. The molecule has 1 rings (SSSR count). The summed E-state index contributed by atoms with van der Waals surface area (Å²) in [6, 6.07) is 0. The van der Waals surface area contributed by atoms with Gasteiger partial charge >= 0.3 is 0 Å². The number of thiazole rings is 1. The summed E-state index contributed by atoms with van der Waals surface area (Å²) in [5.74, 6) is 0. The number of aromatic nitrogens is 1. The number of aliphatic hydroxyl groups excluding tert-OH is 1. The Balaban J connectivity index is 2.51. The molecular formula is C11H19N3OS. The summed E-state index contributed by atoms with van der Waals surface area (Å²) in [6.45, 7) is 6.67. The highest BCUT2D eigenvalue weighted by atomic mass is 32.1. The molecule has 16 heavy (non-hydrogen) atoms. The molecule has 0 saturated carbocycles. The standard InChI is InChI=1S/C11H19N3OS/c1-2-5-14(6-7-15)8-10-9-16-11(13-10)3-4-12/h2,9,15H,1,3-8,12H2. The molecule has 0 unspecified atom stereocenters. The summed E-state index contributed by atoms with van der Waals surface area (Å²) in [7, 11) is 0. The van der Waals surface area contributed by atoms with Crippen molar-refractivity contribution in [2.75, 3.05) is 26.2 Å². The van der Waals surface area contributed by atoms with Crippen LogP contribution in [0.3, 0.4) is 0 Å². The van der Waals surface area contributed by atoms with Crippen molar-refractivity contribution in [2.24, 2.45) is 5.73 Å². The molecule has 0 fully saturated rings. The SMILES string of the molecule is C=CCN(CCO)Cc1csc(CCN)n1. The van der Waals surface area contributed by atoms with Gasteiger partial charge in [-0.05, 0) is 6.54 Å². The third kappa shape index (κ3) is 4.40. The summed E-state index contributed by atoms with van der Waals surface area (Å²) in [6.07, 6.45) is 2.68. The number of hydrogen-bond acceptors (Lipinski definition) is 5. The van der Waals surface area contributed by atoms with Gasteiger partial charge in [-0.25, -0.2) is 4.98 Å². The third-order valence-corrected chi connectivity index (χ3v) is 3.10. The number of nitrogens with zero attached hydrogens (tertiary/aromatic N) is 2. The highest BCUT2D eigenvalue weighted by Crippen LogP contribution is 2.12. The highest BCUT2D eigenvalue weighted by Gasteiger charge is 2.07. The van der Waals surface area contributed by atoms with E-state index >= 15 is 0 Å². The van der Waals surface area contributed by atoms with Gasteiger partial charge in [-0.3, -0.25) is 4.90 Å². The molecule has 0 spiro atoms. The Hall–Kier alpha value is -0.750. The topological polar surface area (TPSA) is 62.4 Å². The Labute approximate surface area is 100 Å². The molecule has 0 radical (unpaired) electrons.